The van der Waals surface area contributed by atoms with Gasteiger partial charge in [-0.1, -0.05) is 78.9 Å². The molecule has 1 nitrogen and oxygen atoms in total. The molecule has 5 aromatic carbocycles. The van der Waals surface area contributed by atoms with Gasteiger partial charge in [-0.05, 0) is 57.3 Å². The summed E-state index contributed by atoms with van der Waals surface area (Å²) in [5.41, 5.74) is 9.03. The fourth-order valence-corrected chi connectivity index (χ4v) is 5.20. The minimum absolute atomic E-state index is 1.20. The van der Waals surface area contributed by atoms with E-state index in [9.17, 15) is 0 Å². The zero-order valence-corrected chi connectivity index (χ0v) is 15.8. The highest BCUT2D eigenvalue weighted by molar-refractivity contribution is 6.27. The van der Waals surface area contributed by atoms with Crippen molar-refractivity contribution in [3.05, 3.63) is 103 Å². The van der Waals surface area contributed by atoms with Crippen molar-refractivity contribution < 1.29 is 0 Å². The van der Waals surface area contributed by atoms with Crippen LogP contribution in [-0.2, 0) is 0 Å². The number of benzene rings is 5. The van der Waals surface area contributed by atoms with Gasteiger partial charge in [0, 0.05) is 16.5 Å². The Balaban J connectivity index is 1.81. The lowest BCUT2D eigenvalue weighted by Gasteiger charge is -2.13. The zero-order chi connectivity index (χ0) is 18.9. The molecule has 7 rings (SSSR count). The van der Waals surface area contributed by atoms with Crippen LogP contribution in [0.1, 0.15) is 0 Å². The molecule has 1 aliphatic carbocycles. The number of hydrogen-bond acceptors (Lipinski definition) is 0. The Morgan fingerprint density at radius 1 is 0.379 bits per heavy atom. The number of fused-ring (bicyclic) bond motifs is 2. The quantitative estimate of drug-likeness (QED) is 0.282. The zero-order valence-electron chi connectivity index (χ0n) is 15.8. The molecule has 0 amide bonds. The Hall–Kier alpha value is -3.84. The van der Waals surface area contributed by atoms with Crippen LogP contribution in [0.3, 0.4) is 0 Å². The van der Waals surface area contributed by atoms with Crippen molar-refractivity contribution >= 4 is 32.6 Å². The molecule has 0 bridgehead atoms. The Bertz CT molecular complexity index is 1490. The van der Waals surface area contributed by atoms with Crippen molar-refractivity contribution in [2.24, 2.45) is 0 Å². The SMILES string of the molecule is c1ccc(-n2c3cccc4c3c3c(cccc32)-c2cccc3cccc-4c23)cc1. The van der Waals surface area contributed by atoms with Gasteiger partial charge in [0.15, 0.2) is 0 Å². The van der Waals surface area contributed by atoms with Crippen LogP contribution in [0, 0.1) is 0 Å². The van der Waals surface area contributed by atoms with E-state index in [4.69, 9.17) is 0 Å². The summed E-state index contributed by atoms with van der Waals surface area (Å²) >= 11 is 0. The second-order valence-electron chi connectivity index (χ2n) is 7.78. The van der Waals surface area contributed by atoms with E-state index in [0.717, 1.165) is 0 Å². The molecule has 0 spiro atoms. The van der Waals surface area contributed by atoms with E-state index in [1.165, 1.54) is 60.5 Å². The fourth-order valence-electron chi connectivity index (χ4n) is 5.20. The third-order valence-electron chi connectivity index (χ3n) is 6.32. The summed E-state index contributed by atoms with van der Waals surface area (Å²) in [4.78, 5) is 0. The number of nitrogens with zero attached hydrogens (tertiary/aromatic N) is 1. The molecule has 0 N–H and O–H groups in total. The van der Waals surface area contributed by atoms with E-state index < -0.39 is 0 Å². The molecule has 1 heterocycles. The molecule has 0 fully saturated rings. The van der Waals surface area contributed by atoms with Gasteiger partial charge in [-0.3, -0.25) is 0 Å². The van der Waals surface area contributed by atoms with Gasteiger partial charge in [0.25, 0.3) is 0 Å². The molecule has 1 aliphatic rings. The van der Waals surface area contributed by atoms with Gasteiger partial charge < -0.3 is 4.57 Å². The topological polar surface area (TPSA) is 4.93 Å². The maximum absolute atomic E-state index is 2.41. The second kappa shape index (κ2) is 5.36. The van der Waals surface area contributed by atoms with Crippen molar-refractivity contribution in [3.8, 4) is 27.9 Å². The molecular weight excluding hydrogens is 350 g/mol. The van der Waals surface area contributed by atoms with Crippen molar-refractivity contribution in [1.29, 1.82) is 0 Å². The lowest BCUT2D eigenvalue weighted by molar-refractivity contribution is 1.18. The Kier molecular flexibility index (Phi) is 2.80. The summed E-state index contributed by atoms with van der Waals surface area (Å²) in [7, 11) is 0. The van der Waals surface area contributed by atoms with E-state index >= 15 is 0 Å². The highest BCUT2D eigenvalue weighted by Gasteiger charge is 2.23. The summed E-state index contributed by atoms with van der Waals surface area (Å²) in [5, 5.41) is 5.36. The number of aromatic nitrogens is 1. The van der Waals surface area contributed by atoms with Crippen molar-refractivity contribution in [3.63, 3.8) is 0 Å². The molecule has 1 heteroatoms. The first-order valence-corrected chi connectivity index (χ1v) is 10.1. The first-order valence-electron chi connectivity index (χ1n) is 10.1. The average Bonchev–Trinajstić information content (AvgIpc) is 3.07. The van der Waals surface area contributed by atoms with Gasteiger partial charge in [-0.15, -0.1) is 0 Å². The first-order chi connectivity index (χ1) is 14.4. The molecule has 0 radical (unpaired) electrons. The summed E-state index contributed by atoms with van der Waals surface area (Å²) in [6.45, 7) is 0. The van der Waals surface area contributed by atoms with E-state index in [1.807, 2.05) is 0 Å². The van der Waals surface area contributed by atoms with Gasteiger partial charge >= 0.3 is 0 Å². The molecule has 6 aromatic rings. The average molecular weight is 367 g/mol. The highest BCUT2D eigenvalue weighted by Crippen LogP contribution is 2.49. The van der Waals surface area contributed by atoms with E-state index in [1.54, 1.807) is 0 Å². The molecule has 0 unspecified atom stereocenters. The van der Waals surface area contributed by atoms with Gasteiger partial charge in [-0.25, -0.2) is 0 Å². The molecule has 29 heavy (non-hydrogen) atoms. The normalized spacial score (nSPS) is 12.1. The molecule has 134 valence electrons. The summed E-state index contributed by atoms with van der Waals surface area (Å²) < 4.78 is 2.41. The van der Waals surface area contributed by atoms with E-state index in [2.05, 4.69) is 108 Å². The molecule has 0 aliphatic heterocycles. The summed E-state index contributed by atoms with van der Waals surface area (Å²) in [6.07, 6.45) is 0. The number of para-hydroxylation sites is 1. The van der Waals surface area contributed by atoms with Crippen LogP contribution in [0.2, 0.25) is 0 Å². The number of rotatable bonds is 1. The lowest BCUT2D eigenvalue weighted by atomic mass is 9.93. The molecule has 0 saturated heterocycles. The summed E-state index contributed by atoms with van der Waals surface area (Å²) in [5.74, 6) is 0. The maximum atomic E-state index is 2.41. The van der Waals surface area contributed by atoms with Gasteiger partial charge in [-0.2, -0.15) is 0 Å². The van der Waals surface area contributed by atoms with Crippen LogP contribution in [0.5, 0.6) is 0 Å². The van der Waals surface area contributed by atoms with E-state index in [0.29, 0.717) is 0 Å². The van der Waals surface area contributed by atoms with Crippen LogP contribution < -0.4 is 0 Å². The summed E-state index contributed by atoms with van der Waals surface area (Å²) in [6, 6.07) is 37.5. The standard InChI is InChI=1S/C28H17N/c1-2-10-19(11-3-1)29-24-16-6-14-22-20-12-4-8-18-9-5-13-21(26(18)20)23-15-7-17-25(29)28(23)27(22)24/h1-17H. The second-order valence-corrected chi connectivity index (χ2v) is 7.78. The van der Waals surface area contributed by atoms with Crippen LogP contribution in [0.15, 0.2) is 103 Å². The third kappa shape index (κ3) is 1.85. The first kappa shape index (κ1) is 15.1. The van der Waals surface area contributed by atoms with Crippen molar-refractivity contribution in [2.45, 2.75) is 0 Å². The largest absolute Gasteiger partial charge is 0.309 e. The maximum Gasteiger partial charge on any atom is 0.0547 e. The highest BCUT2D eigenvalue weighted by atomic mass is 15.0. The molecular formula is C28H17N. The predicted octanol–water partition coefficient (Wildman–Crippen LogP) is 7.58. The van der Waals surface area contributed by atoms with E-state index in [-0.39, 0.29) is 0 Å². The third-order valence-corrected chi connectivity index (χ3v) is 6.32. The Morgan fingerprint density at radius 3 is 1.41 bits per heavy atom. The van der Waals surface area contributed by atoms with Crippen LogP contribution in [0.4, 0.5) is 0 Å². The fraction of sp³-hybridized carbons (Fsp3) is 0. The van der Waals surface area contributed by atoms with Gasteiger partial charge in [0.2, 0.25) is 0 Å². The van der Waals surface area contributed by atoms with Crippen LogP contribution in [-0.4, -0.2) is 4.57 Å². The van der Waals surface area contributed by atoms with Gasteiger partial charge in [0.05, 0.1) is 11.0 Å². The molecule has 0 saturated carbocycles. The van der Waals surface area contributed by atoms with Crippen molar-refractivity contribution in [2.75, 3.05) is 0 Å². The smallest absolute Gasteiger partial charge is 0.0547 e. The molecule has 0 atom stereocenters. The Labute approximate surface area is 168 Å². The predicted molar refractivity (Wildman–Crippen MR) is 123 cm³/mol. The minimum atomic E-state index is 1.20. The molecule has 1 aromatic heterocycles. The van der Waals surface area contributed by atoms with Crippen LogP contribution in [0.25, 0.3) is 60.5 Å². The van der Waals surface area contributed by atoms with Gasteiger partial charge in [0.1, 0.15) is 0 Å². The number of hydrogen-bond donors (Lipinski definition) is 0. The lowest BCUT2D eigenvalue weighted by Crippen LogP contribution is -1.94. The Morgan fingerprint density at radius 2 is 0.862 bits per heavy atom. The van der Waals surface area contributed by atoms with Crippen LogP contribution >= 0.6 is 0 Å². The monoisotopic (exact) mass is 367 g/mol. The van der Waals surface area contributed by atoms with Crippen molar-refractivity contribution in [1.82, 2.24) is 4.57 Å². The minimum Gasteiger partial charge on any atom is -0.309 e.